The summed E-state index contributed by atoms with van der Waals surface area (Å²) in [6, 6.07) is 9.88. The number of para-hydroxylation sites is 1. The molecule has 0 radical (unpaired) electrons. The molecule has 3 aromatic rings. The van der Waals surface area contributed by atoms with Gasteiger partial charge in [0.25, 0.3) is 5.56 Å². The van der Waals surface area contributed by atoms with Crippen LogP contribution < -0.4 is 10.5 Å². The number of fused-ring (bicyclic) bond motifs is 2. The number of aromatic amines is 1. The molecular formula is C20H20N4O2S. The van der Waals surface area contributed by atoms with E-state index in [2.05, 4.69) is 21.0 Å². The normalized spacial score (nSPS) is 13.6. The highest BCUT2D eigenvalue weighted by Gasteiger charge is 2.22. The molecule has 0 aliphatic carbocycles. The van der Waals surface area contributed by atoms with Crippen molar-refractivity contribution < 1.29 is 4.79 Å². The molecule has 1 aromatic carbocycles. The van der Waals surface area contributed by atoms with Crippen LogP contribution >= 0.6 is 11.8 Å². The predicted molar refractivity (Wildman–Crippen MR) is 107 cm³/mol. The standard InChI is InChI=1S/C20H20N4O2S/c1-12-10-13(2)21-18-17(12)19(26)23-20(22-18)27-11-16(25)24-9-5-7-14-6-3-4-8-15(14)24/h3-4,6,8,10H,5,7,9,11H2,1-2H3,(H,21,22,23,26). The van der Waals surface area contributed by atoms with Crippen molar-refractivity contribution in [3.8, 4) is 0 Å². The number of hydrogen-bond acceptors (Lipinski definition) is 5. The second-order valence-electron chi connectivity index (χ2n) is 6.72. The van der Waals surface area contributed by atoms with E-state index in [1.807, 2.05) is 43.0 Å². The Hall–Kier alpha value is -2.67. The van der Waals surface area contributed by atoms with E-state index in [0.29, 0.717) is 16.2 Å². The molecule has 2 aromatic heterocycles. The van der Waals surface area contributed by atoms with Crippen LogP contribution in [0.1, 0.15) is 23.2 Å². The Morgan fingerprint density at radius 1 is 1.26 bits per heavy atom. The summed E-state index contributed by atoms with van der Waals surface area (Å²) in [5, 5.41) is 0.921. The Balaban J connectivity index is 1.56. The Morgan fingerprint density at radius 3 is 2.93 bits per heavy atom. The average Bonchev–Trinajstić information content (AvgIpc) is 2.64. The van der Waals surface area contributed by atoms with Crippen molar-refractivity contribution in [2.45, 2.75) is 31.8 Å². The first-order valence-electron chi connectivity index (χ1n) is 8.92. The van der Waals surface area contributed by atoms with Gasteiger partial charge < -0.3 is 9.88 Å². The molecule has 0 bridgehead atoms. The number of H-pyrrole nitrogens is 1. The molecule has 7 heteroatoms. The zero-order valence-corrected chi connectivity index (χ0v) is 16.1. The highest BCUT2D eigenvalue weighted by molar-refractivity contribution is 7.99. The van der Waals surface area contributed by atoms with Crippen molar-refractivity contribution in [1.82, 2.24) is 15.0 Å². The lowest BCUT2D eigenvalue weighted by Gasteiger charge is -2.29. The summed E-state index contributed by atoms with van der Waals surface area (Å²) in [5.41, 5.74) is 4.06. The van der Waals surface area contributed by atoms with Crippen molar-refractivity contribution in [3.05, 3.63) is 57.5 Å². The van der Waals surface area contributed by atoms with Crippen molar-refractivity contribution in [3.63, 3.8) is 0 Å². The number of rotatable bonds is 3. The van der Waals surface area contributed by atoms with E-state index in [0.717, 1.165) is 36.3 Å². The molecule has 0 atom stereocenters. The Kier molecular flexibility index (Phi) is 4.70. The lowest BCUT2D eigenvalue weighted by Crippen LogP contribution is -2.36. The first kappa shape index (κ1) is 17.7. The van der Waals surface area contributed by atoms with Gasteiger partial charge >= 0.3 is 0 Å². The molecule has 1 amide bonds. The predicted octanol–water partition coefficient (Wildman–Crippen LogP) is 3.01. The van der Waals surface area contributed by atoms with Crippen LogP contribution in [0.25, 0.3) is 11.0 Å². The highest BCUT2D eigenvalue weighted by Crippen LogP contribution is 2.27. The summed E-state index contributed by atoms with van der Waals surface area (Å²) in [5.74, 6) is 0.233. The molecule has 0 unspecified atom stereocenters. The molecule has 0 saturated carbocycles. The number of carbonyl (C=O) groups is 1. The van der Waals surface area contributed by atoms with Gasteiger partial charge in [-0.05, 0) is 49.9 Å². The third kappa shape index (κ3) is 3.47. The number of thioether (sulfide) groups is 1. The van der Waals surface area contributed by atoms with Gasteiger partial charge in [0.2, 0.25) is 5.91 Å². The largest absolute Gasteiger partial charge is 0.311 e. The van der Waals surface area contributed by atoms with Crippen LogP contribution in [-0.2, 0) is 11.2 Å². The molecule has 0 spiro atoms. The third-order valence-corrected chi connectivity index (χ3v) is 5.58. The molecule has 1 aliphatic heterocycles. The summed E-state index contributed by atoms with van der Waals surface area (Å²) < 4.78 is 0. The van der Waals surface area contributed by atoms with Crippen LogP contribution in [0.3, 0.4) is 0 Å². The van der Waals surface area contributed by atoms with Gasteiger partial charge in [0.05, 0.1) is 11.1 Å². The van der Waals surface area contributed by atoms with Crippen molar-refractivity contribution in [2.75, 3.05) is 17.2 Å². The maximum absolute atomic E-state index is 12.8. The minimum Gasteiger partial charge on any atom is -0.311 e. The number of hydrogen-bond donors (Lipinski definition) is 1. The number of aryl methyl sites for hydroxylation is 3. The number of carbonyl (C=O) groups excluding carboxylic acids is 1. The van der Waals surface area contributed by atoms with Crippen LogP contribution in [0.5, 0.6) is 0 Å². The van der Waals surface area contributed by atoms with E-state index in [1.165, 1.54) is 17.3 Å². The van der Waals surface area contributed by atoms with Gasteiger partial charge in [0.15, 0.2) is 10.8 Å². The number of nitrogens with zero attached hydrogens (tertiary/aromatic N) is 3. The van der Waals surface area contributed by atoms with E-state index in [1.54, 1.807) is 0 Å². The number of pyridine rings is 1. The summed E-state index contributed by atoms with van der Waals surface area (Å²) >= 11 is 1.24. The zero-order valence-electron chi connectivity index (χ0n) is 15.3. The molecule has 138 valence electrons. The fourth-order valence-electron chi connectivity index (χ4n) is 3.53. The first-order chi connectivity index (χ1) is 13.0. The maximum atomic E-state index is 12.8. The lowest BCUT2D eigenvalue weighted by molar-refractivity contribution is -0.116. The average molecular weight is 380 g/mol. The van der Waals surface area contributed by atoms with E-state index in [-0.39, 0.29) is 17.2 Å². The van der Waals surface area contributed by atoms with E-state index in [9.17, 15) is 9.59 Å². The van der Waals surface area contributed by atoms with Gasteiger partial charge in [-0.25, -0.2) is 9.97 Å². The second kappa shape index (κ2) is 7.15. The second-order valence-corrected chi connectivity index (χ2v) is 7.68. The van der Waals surface area contributed by atoms with E-state index in [4.69, 9.17) is 0 Å². The minimum atomic E-state index is -0.219. The van der Waals surface area contributed by atoms with Crippen molar-refractivity contribution in [2.24, 2.45) is 0 Å². The minimum absolute atomic E-state index is 0.0169. The monoisotopic (exact) mass is 380 g/mol. The van der Waals surface area contributed by atoms with Crippen LogP contribution in [0.4, 0.5) is 5.69 Å². The molecule has 3 heterocycles. The Labute approximate surface area is 161 Å². The Bertz CT molecular complexity index is 1090. The van der Waals surface area contributed by atoms with E-state index < -0.39 is 0 Å². The summed E-state index contributed by atoms with van der Waals surface area (Å²) in [7, 11) is 0. The van der Waals surface area contributed by atoms with Gasteiger partial charge in [-0.15, -0.1) is 0 Å². The number of aromatic nitrogens is 3. The topological polar surface area (TPSA) is 79.0 Å². The quantitative estimate of drug-likeness (QED) is 0.558. The first-order valence-corrected chi connectivity index (χ1v) is 9.91. The lowest BCUT2D eigenvalue weighted by atomic mass is 10.0. The van der Waals surface area contributed by atoms with Gasteiger partial charge in [-0.2, -0.15) is 0 Å². The number of nitrogens with one attached hydrogen (secondary N) is 1. The molecular weight excluding hydrogens is 360 g/mol. The van der Waals surface area contributed by atoms with Crippen molar-refractivity contribution >= 4 is 34.4 Å². The van der Waals surface area contributed by atoms with Crippen LogP contribution in [0.2, 0.25) is 0 Å². The maximum Gasteiger partial charge on any atom is 0.261 e. The summed E-state index contributed by atoms with van der Waals surface area (Å²) in [6.45, 7) is 4.47. The van der Waals surface area contributed by atoms with E-state index >= 15 is 0 Å². The fraction of sp³-hybridized carbons (Fsp3) is 0.300. The van der Waals surface area contributed by atoms with Crippen LogP contribution in [0, 0.1) is 13.8 Å². The summed E-state index contributed by atoms with van der Waals surface area (Å²) in [4.78, 5) is 38.6. The SMILES string of the molecule is Cc1cc(C)c2c(=O)[nH]c(SCC(=O)N3CCCc4ccccc43)nc2n1. The molecule has 1 aliphatic rings. The third-order valence-electron chi connectivity index (χ3n) is 4.72. The van der Waals surface area contributed by atoms with Crippen molar-refractivity contribution in [1.29, 1.82) is 0 Å². The molecule has 6 nitrogen and oxygen atoms in total. The smallest absolute Gasteiger partial charge is 0.261 e. The number of amides is 1. The van der Waals surface area contributed by atoms with Crippen LogP contribution in [0.15, 0.2) is 40.3 Å². The molecule has 0 fully saturated rings. The zero-order chi connectivity index (χ0) is 19.0. The highest BCUT2D eigenvalue weighted by atomic mass is 32.2. The number of benzene rings is 1. The van der Waals surface area contributed by atoms with Gasteiger partial charge in [0, 0.05) is 17.9 Å². The van der Waals surface area contributed by atoms with Crippen LogP contribution in [-0.4, -0.2) is 33.2 Å². The van der Waals surface area contributed by atoms with Gasteiger partial charge in [0.1, 0.15) is 0 Å². The molecule has 27 heavy (non-hydrogen) atoms. The molecule has 1 N–H and O–H groups in total. The Morgan fingerprint density at radius 2 is 2.07 bits per heavy atom. The molecule has 4 rings (SSSR count). The molecule has 0 saturated heterocycles. The number of anilines is 1. The van der Waals surface area contributed by atoms with Gasteiger partial charge in [-0.3, -0.25) is 9.59 Å². The van der Waals surface area contributed by atoms with Gasteiger partial charge in [-0.1, -0.05) is 30.0 Å². The fourth-order valence-corrected chi connectivity index (χ4v) is 4.26. The summed E-state index contributed by atoms with van der Waals surface area (Å²) in [6.07, 6.45) is 1.96.